The Bertz CT molecular complexity index is 832. The van der Waals surface area contributed by atoms with Crippen molar-refractivity contribution in [3.05, 3.63) is 64.0 Å². The highest BCUT2D eigenvalue weighted by Gasteiger charge is 2.19. The summed E-state index contributed by atoms with van der Waals surface area (Å²) in [5.41, 5.74) is -0.339. The average molecular weight is 349 g/mol. The van der Waals surface area contributed by atoms with E-state index in [0.29, 0.717) is 0 Å². The van der Waals surface area contributed by atoms with Crippen LogP contribution in [0.15, 0.2) is 45.8 Å². The molecule has 0 saturated carbocycles. The zero-order chi connectivity index (χ0) is 18.4. The molecule has 132 valence electrons. The number of carbonyl (C=O) groups is 2. The predicted octanol–water partition coefficient (Wildman–Crippen LogP) is 1.65. The number of ether oxygens (including phenoxy) is 2. The van der Waals surface area contributed by atoms with Crippen molar-refractivity contribution in [1.29, 1.82) is 0 Å². The van der Waals surface area contributed by atoms with Crippen molar-refractivity contribution in [2.45, 2.75) is 19.6 Å². The molecule has 0 spiro atoms. The lowest BCUT2D eigenvalue weighted by Crippen LogP contribution is -2.39. The van der Waals surface area contributed by atoms with Crippen molar-refractivity contribution in [2.75, 3.05) is 7.11 Å². The van der Waals surface area contributed by atoms with Gasteiger partial charge in [-0.3, -0.25) is 9.59 Å². The lowest BCUT2D eigenvalue weighted by Gasteiger charge is -2.11. The van der Waals surface area contributed by atoms with E-state index < -0.39 is 29.2 Å². The van der Waals surface area contributed by atoms with Gasteiger partial charge < -0.3 is 19.2 Å². The Hall–Kier alpha value is -3.16. The molecule has 0 bridgehead atoms. The summed E-state index contributed by atoms with van der Waals surface area (Å²) in [6.45, 7) is 1.26. The Labute approximate surface area is 142 Å². The highest BCUT2D eigenvalue weighted by atomic mass is 19.1. The molecule has 1 heterocycles. The van der Waals surface area contributed by atoms with Gasteiger partial charge in [0.05, 0.1) is 7.11 Å². The number of halogens is 1. The minimum atomic E-state index is -0.903. The maximum absolute atomic E-state index is 13.5. The molecular formula is C17H16FNO6. The molecule has 1 atom stereocenters. The number of hydrogen-bond donors (Lipinski definition) is 1. The number of benzene rings is 1. The van der Waals surface area contributed by atoms with Crippen molar-refractivity contribution in [3.63, 3.8) is 0 Å². The van der Waals surface area contributed by atoms with Crippen molar-refractivity contribution in [2.24, 2.45) is 0 Å². The number of nitrogens with one attached hydrogen (secondary N) is 1. The number of rotatable bonds is 6. The van der Waals surface area contributed by atoms with E-state index in [1.165, 1.54) is 32.2 Å². The Morgan fingerprint density at radius 2 is 2.04 bits per heavy atom. The van der Waals surface area contributed by atoms with Gasteiger partial charge in [0.25, 0.3) is 5.91 Å². The Morgan fingerprint density at radius 1 is 1.32 bits per heavy atom. The average Bonchev–Trinajstić information content (AvgIpc) is 2.61. The molecule has 1 aromatic carbocycles. The fourth-order valence-electron chi connectivity index (χ4n) is 1.90. The van der Waals surface area contributed by atoms with Gasteiger partial charge in [0.1, 0.15) is 24.7 Å². The molecule has 7 nitrogen and oxygen atoms in total. The third-order valence-corrected chi connectivity index (χ3v) is 3.27. The van der Waals surface area contributed by atoms with E-state index in [-0.39, 0.29) is 23.7 Å². The summed E-state index contributed by atoms with van der Waals surface area (Å²) < 4.78 is 28.3. The maximum Gasteiger partial charge on any atom is 0.328 e. The van der Waals surface area contributed by atoms with Crippen LogP contribution in [-0.2, 0) is 16.1 Å². The maximum atomic E-state index is 13.5. The molecule has 0 aliphatic heterocycles. The van der Waals surface area contributed by atoms with Gasteiger partial charge in [0, 0.05) is 11.6 Å². The molecule has 0 radical (unpaired) electrons. The number of esters is 1. The SMILES string of the molecule is COC(=O)[C@@H](C)NC(=O)c1cc(=O)c(OCc2ccccc2F)co1. The predicted molar refractivity (Wildman–Crippen MR) is 84.7 cm³/mol. The molecule has 25 heavy (non-hydrogen) atoms. The Balaban J connectivity index is 2.05. The van der Waals surface area contributed by atoms with Gasteiger partial charge in [-0.15, -0.1) is 0 Å². The minimum absolute atomic E-state index is 0.164. The molecule has 1 aromatic heterocycles. The largest absolute Gasteiger partial charge is 0.482 e. The molecule has 0 aliphatic carbocycles. The van der Waals surface area contributed by atoms with E-state index in [1.54, 1.807) is 6.07 Å². The lowest BCUT2D eigenvalue weighted by atomic mass is 10.2. The van der Waals surface area contributed by atoms with Crippen molar-refractivity contribution < 1.29 is 27.9 Å². The van der Waals surface area contributed by atoms with E-state index in [4.69, 9.17) is 9.15 Å². The fraction of sp³-hybridized carbons (Fsp3) is 0.235. The number of methoxy groups -OCH3 is 1. The molecule has 0 unspecified atom stereocenters. The highest BCUT2D eigenvalue weighted by Crippen LogP contribution is 2.12. The first-order valence-electron chi connectivity index (χ1n) is 7.30. The van der Waals surface area contributed by atoms with Gasteiger partial charge in [-0.25, -0.2) is 9.18 Å². The smallest absolute Gasteiger partial charge is 0.328 e. The molecule has 2 aromatic rings. The first-order valence-corrected chi connectivity index (χ1v) is 7.30. The van der Waals surface area contributed by atoms with Gasteiger partial charge in [0.15, 0.2) is 5.76 Å². The summed E-state index contributed by atoms with van der Waals surface area (Å²) >= 11 is 0. The van der Waals surface area contributed by atoms with Crippen molar-refractivity contribution >= 4 is 11.9 Å². The zero-order valence-corrected chi connectivity index (χ0v) is 13.6. The van der Waals surface area contributed by atoms with Crippen LogP contribution < -0.4 is 15.5 Å². The van der Waals surface area contributed by atoms with Crippen LogP contribution in [0.4, 0.5) is 4.39 Å². The molecule has 1 amide bonds. The van der Waals surface area contributed by atoms with E-state index >= 15 is 0 Å². The van der Waals surface area contributed by atoms with Crippen molar-refractivity contribution in [3.8, 4) is 5.75 Å². The van der Waals surface area contributed by atoms with Gasteiger partial charge >= 0.3 is 5.97 Å². The van der Waals surface area contributed by atoms with Crippen LogP contribution in [0.1, 0.15) is 23.0 Å². The topological polar surface area (TPSA) is 94.8 Å². The number of hydrogen-bond acceptors (Lipinski definition) is 6. The van der Waals surface area contributed by atoms with Gasteiger partial charge in [-0.2, -0.15) is 0 Å². The van der Waals surface area contributed by atoms with E-state index in [9.17, 15) is 18.8 Å². The number of amides is 1. The van der Waals surface area contributed by atoms with Gasteiger partial charge in [-0.05, 0) is 13.0 Å². The monoisotopic (exact) mass is 349 g/mol. The quantitative estimate of drug-likeness (QED) is 0.797. The molecule has 0 aliphatic rings. The second-order valence-electron chi connectivity index (χ2n) is 5.07. The van der Waals surface area contributed by atoms with Crippen LogP contribution in [0, 0.1) is 5.82 Å². The molecule has 1 N–H and O–H groups in total. The lowest BCUT2D eigenvalue weighted by molar-refractivity contribution is -0.142. The molecule has 8 heteroatoms. The summed E-state index contributed by atoms with van der Waals surface area (Å²) in [6.07, 6.45) is 0.959. The third kappa shape index (κ3) is 4.66. The van der Waals surface area contributed by atoms with E-state index in [2.05, 4.69) is 10.1 Å². The summed E-state index contributed by atoms with van der Waals surface area (Å²) in [5.74, 6) is -2.31. The Morgan fingerprint density at radius 3 is 2.68 bits per heavy atom. The second-order valence-corrected chi connectivity index (χ2v) is 5.07. The zero-order valence-electron chi connectivity index (χ0n) is 13.6. The first-order chi connectivity index (χ1) is 11.9. The molecule has 0 saturated heterocycles. The van der Waals surface area contributed by atoms with Crippen LogP contribution in [0.3, 0.4) is 0 Å². The summed E-state index contributed by atoms with van der Waals surface area (Å²) in [7, 11) is 1.19. The third-order valence-electron chi connectivity index (χ3n) is 3.27. The fourth-order valence-corrected chi connectivity index (χ4v) is 1.90. The molecule has 0 fully saturated rings. The van der Waals surface area contributed by atoms with Gasteiger partial charge in [0.2, 0.25) is 11.2 Å². The van der Waals surface area contributed by atoms with Crippen LogP contribution >= 0.6 is 0 Å². The van der Waals surface area contributed by atoms with Crippen LogP contribution in [0.5, 0.6) is 5.75 Å². The highest BCUT2D eigenvalue weighted by molar-refractivity contribution is 5.94. The summed E-state index contributed by atoms with van der Waals surface area (Å²) in [6, 6.07) is 6.00. The first kappa shape index (κ1) is 18.2. The number of carbonyl (C=O) groups excluding carboxylic acids is 2. The minimum Gasteiger partial charge on any atom is -0.482 e. The summed E-state index contributed by atoms with van der Waals surface area (Å²) in [5, 5.41) is 2.32. The molecule has 2 rings (SSSR count). The van der Waals surface area contributed by atoms with Crippen LogP contribution in [0.25, 0.3) is 0 Å². The summed E-state index contributed by atoms with van der Waals surface area (Å²) in [4.78, 5) is 35.2. The Kier molecular flexibility index (Phi) is 5.89. The van der Waals surface area contributed by atoms with Gasteiger partial charge in [-0.1, -0.05) is 18.2 Å². The van der Waals surface area contributed by atoms with Crippen molar-refractivity contribution in [1.82, 2.24) is 5.32 Å². The second kappa shape index (κ2) is 8.09. The standard InChI is InChI=1S/C17H16FNO6/c1-10(17(22)23-2)19-16(21)14-7-13(20)15(9-25-14)24-8-11-5-3-4-6-12(11)18/h3-7,9-10H,8H2,1-2H3,(H,19,21)/t10-/m1/s1. The van der Waals surface area contributed by atoms with E-state index in [1.807, 2.05) is 0 Å². The molecular weight excluding hydrogens is 333 g/mol. The normalized spacial score (nSPS) is 11.5. The van der Waals surface area contributed by atoms with Crippen LogP contribution in [-0.4, -0.2) is 25.0 Å². The van der Waals surface area contributed by atoms with Crippen LogP contribution in [0.2, 0.25) is 0 Å². The van der Waals surface area contributed by atoms with E-state index in [0.717, 1.165) is 12.3 Å².